The van der Waals surface area contributed by atoms with E-state index in [1.165, 1.54) is 4.90 Å². The van der Waals surface area contributed by atoms with Crippen molar-refractivity contribution in [2.24, 2.45) is 0 Å². The normalized spacial score (nSPS) is 14.3. The van der Waals surface area contributed by atoms with Gasteiger partial charge in [0.15, 0.2) is 0 Å². The number of carbonyl (C=O) groups excluding carboxylic acids is 2. The lowest BCUT2D eigenvalue weighted by atomic mass is 10.0. The molecule has 1 atom stereocenters. The minimum atomic E-state index is -0.838. The van der Waals surface area contributed by atoms with Crippen molar-refractivity contribution in [1.29, 1.82) is 0 Å². The van der Waals surface area contributed by atoms with Crippen LogP contribution in [0.4, 0.5) is 0 Å². The smallest absolute Gasteiger partial charge is 0.303 e. The number of nitrogens with one attached hydrogen (secondary N) is 1. The first-order valence-electron chi connectivity index (χ1n) is 9.00. The molecule has 0 radical (unpaired) electrons. The van der Waals surface area contributed by atoms with Crippen molar-refractivity contribution in [3.05, 3.63) is 71.3 Å². The Balaban J connectivity index is 1.58. The molecule has 6 nitrogen and oxygen atoms in total. The highest BCUT2D eigenvalue weighted by Crippen LogP contribution is 2.21. The van der Waals surface area contributed by atoms with Crippen LogP contribution in [0.5, 0.6) is 0 Å². The first-order chi connectivity index (χ1) is 13.1. The third-order valence-electron chi connectivity index (χ3n) is 4.68. The van der Waals surface area contributed by atoms with E-state index in [4.69, 9.17) is 5.11 Å². The number of hydrogen-bond acceptors (Lipinski definition) is 4. The molecule has 2 N–H and O–H groups in total. The maximum atomic E-state index is 12.4. The van der Waals surface area contributed by atoms with Crippen LogP contribution in [0.3, 0.4) is 0 Å². The predicted octanol–water partition coefficient (Wildman–Crippen LogP) is 2.35. The Morgan fingerprint density at radius 3 is 2.15 bits per heavy atom. The van der Waals surface area contributed by atoms with E-state index in [9.17, 15) is 14.4 Å². The largest absolute Gasteiger partial charge is 0.481 e. The van der Waals surface area contributed by atoms with Crippen molar-refractivity contribution in [1.82, 2.24) is 10.2 Å². The monoisotopic (exact) mass is 366 g/mol. The topological polar surface area (TPSA) is 86.7 Å². The summed E-state index contributed by atoms with van der Waals surface area (Å²) < 4.78 is 0. The molecule has 0 aliphatic carbocycles. The lowest BCUT2D eigenvalue weighted by Crippen LogP contribution is -2.40. The van der Waals surface area contributed by atoms with Gasteiger partial charge in [0.25, 0.3) is 11.8 Å². The second kappa shape index (κ2) is 8.60. The summed E-state index contributed by atoms with van der Waals surface area (Å²) in [5, 5.41) is 12.3. The Bertz CT molecular complexity index is 800. The highest BCUT2D eigenvalue weighted by Gasteiger charge is 2.34. The molecular weight excluding hydrogens is 344 g/mol. The number of amides is 2. The van der Waals surface area contributed by atoms with Crippen LogP contribution in [0.2, 0.25) is 0 Å². The standard InChI is InChI=1S/C21H22N2O4/c24-19(25)11-10-16(14-15-6-2-1-3-7-15)22-12-13-23-20(26)17-8-4-5-9-18(17)21(23)27/h1-9,16,22H,10-14H2,(H,24,25). The summed E-state index contributed by atoms with van der Waals surface area (Å²) in [6.45, 7) is 0.674. The molecule has 3 rings (SSSR count). The zero-order valence-corrected chi connectivity index (χ0v) is 14.9. The van der Waals surface area contributed by atoms with Crippen LogP contribution in [0.1, 0.15) is 39.1 Å². The van der Waals surface area contributed by atoms with Gasteiger partial charge >= 0.3 is 5.97 Å². The summed E-state index contributed by atoms with van der Waals surface area (Å²) in [7, 11) is 0. The van der Waals surface area contributed by atoms with Gasteiger partial charge in [0.1, 0.15) is 0 Å². The quantitative estimate of drug-likeness (QED) is 0.665. The van der Waals surface area contributed by atoms with E-state index in [1.807, 2.05) is 30.3 Å². The number of carbonyl (C=O) groups is 3. The molecule has 2 amide bonds. The molecule has 0 aromatic heterocycles. The Kier molecular flexibility index (Phi) is 5.98. The lowest BCUT2D eigenvalue weighted by Gasteiger charge is -2.20. The van der Waals surface area contributed by atoms with E-state index >= 15 is 0 Å². The van der Waals surface area contributed by atoms with Gasteiger partial charge in [0.05, 0.1) is 11.1 Å². The van der Waals surface area contributed by atoms with Crippen molar-refractivity contribution in [2.75, 3.05) is 13.1 Å². The second-order valence-electron chi connectivity index (χ2n) is 6.58. The summed E-state index contributed by atoms with van der Waals surface area (Å²) in [5.74, 6) is -1.39. The number of nitrogens with zero attached hydrogens (tertiary/aromatic N) is 1. The maximum absolute atomic E-state index is 12.4. The molecule has 0 saturated carbocycles. The van der Waals surface area contributed by atoms with Crippen LogP contribution in [-0.2, 0) is 11.2 Å². The van der Waals surface area contributed by atoms with Crippen molar-refractivity contribution in [3.63, 3.8) is 0 Å². The Morgan fingerprint density at radius 2 is 1.56 bits per heavy atom. The van der Waals surface area contributed by atoms with Gasteiger partial charge in [-0.1, -0.05) is 42.5 Å². The van der Waals surface area contributed by atoms with Gasteiger partial charge in [-0.3, -0.25) is 19.3 Å². The number of benzene rings is 2. The molecule has 0 saturated heterocycles. The van der Waals surface area contributed by atoms with E-state index < -0.39 is 5.97 Å². The Morgan fingerprint density at radius 1 is 0.963 bits per heavy atom. The summed E-state index contributed by atoms with van der Waals surface area (Å²) >= 11 is 0. The second-order valence-corrected chi connectivity index (χ2v) is 6.58. The summed E-state index contributed by atoms with van der Waals surface area (Å²) in [6.07, 6.45) is 1.24. The molecule has 1 heterocycles. The van der Waals surface area contributed by atoms with E-state index in [-0.39, 0.29) is 30.8 Å². The first kappa shape index (κ1) is 18.8. The fourth-order valence-corrected chi connectivity index (χ4v) is 3.30. The first-order valence-corrected chi connectivity index (χ1v) is 9.00. The molecule has 1 aliphatic heterocycles. The van der Waals surface area contributed by atoms with E-state index in [1.54, 1.807) is 24.3 Å². The molecule has 0 fully saturated rings. The molecule has 2 aromatic carbocycles. The fourth-order valence-electron chi connectivity index (χ4n) is 3.30. The molecule has 27 heavy (non-hydrogen) atoms. The number of imide groups is 1. The van der Waals surface area contributed by atoms with Crippen molar-refractivity contribution in [2.45, 2.75) is 25.3 Å². The summed E-state index contributed by atoms with van der Waals surface area (Å²) in [5.41, 5.74) is 1.99. The molecule has 0 spiro atoms. The van der Waals surface area contributed by atoms with Gasteiger partial charge in [0.2, 0.25) is 0 Å². The lowest BCUT2D eigenvalue weighted by molar-refractivity contribution is -0.137. The zero-order valence-electron chi connectivity index (χ0n) is 14.9. The predicted molar refractivity (Wildman–Crippen MR) is 101 cm³/mol. The molecule has 2 aromatic rings. The van der Waals surface area contributed by atoms with Crippen molar-refractivity contribution in [3.8, 4) is 0 Å². The molecule has 140 valence electrons. The third kappa shape index (κ3) is 4.60. The van der Waals surface area contributed by atoms with Crippen LogP contribution in [0, 0.1) is 0 Å². The Labute approximate surface area is 157 Å². The van der Waals surface area contributed by atoms with Gasteiger partial charge in [0, 0.05) is 25.6 Å². The van der Waals surface area contributed by atoms with Crippen molar-refractivity contribution < 1.29 is 19.5 Å². The number of rotatable bonds is 9. The van der Waals surface area contributed by atoms with Gasteiger partial charge in [-0.2, -0.15) is 0 Å². The SMILES string of the molecule is O=C(O)CCC(Cc1ccccc1)NCCN1C(=O)c2ccccc2C1=O. The van der Waals surface area contributed by atoms with Crippen LogP contribution in [0.25, 0.3) is 0 Å². The maximum Gasteiger partial charge on any atom is 0.303 e. The van der Waals surface area contributed by atoms with Gasteiger partial charge in [-0.15, -0.1) is 0 Å². The van der Waals surface area contributed by atoms with Crippen LogP contribution >= 0.6 is 0 Å². The molecule has 0 bridgehead atoms. The average Bonchev–Trinajstić information content (AvgIpc) is 2.92. The number of fused-ring (bicyclic) bond motifs is 1. The number of carboxylic acid groups (broad SMARTS) is 1. The number of carboxylic acids is 1. The van der Waals surface area contributed by atoms with E-state index in [2.05, 4.69) is 5.32 Å². The summed E-state index contributed by atoms with van der Waals surface area (Å²) in [6, 6.07) is 16.6. The Hall–Kier alpha value is -2.99. The molecule has 6 heteroatoms. The van der Waals surface area contributed by atoms with Crippen LogP contribution in [-0.4, -0.2) is 46.9 Å². The summed E-state index contributed by atoms with van der Waals surface area (Å²) in [4.78, 5) is 36.9. The molecule has 1 unspecified atom stereocenters. The molecule has 1 aliphatic rings. The van der Waals surface area contributed by atoms with Crippen LogP contribution < -0.4 is 5.32 Å². The van der Waals surface area contributed by atoms with Crippen molar-refractivity contribution >= 4 is 17.8 Å². The van der Waals surface area contributed by atoms with E-state index in [0.717, 1.165) is 5.56 Å². The van der Waals surface area contributed by atoms with Gasteiger partial charge in [-0.05, 0) is 30.5 Å². The number of hydrogen-bond donors (Lipinski definition) is 2. The minimum Gasteiger partial charge on any atom is -0.481 e. The molecular formula is C21H22N2O4. The number of aliphatic carboxylic acids is 1. The van der Waals surface area contributed by atoms with Gasteiger partial charge < -0.3 is 10.4 Å². The average molecular weight is 366 g/mol. The van der Waals surface area contributed by atoms with Gasteiger partial charge in [-0.25, -0.2) is 0 Å². The van der Waals surface area contributed by atoms with E-state index in [0.29, 0.717) is 30.5 Å². The zero-order chi connectivity index (χ0) is 19.2. The fraction of sp³-hybridized carbons (Fsp3) is 0.286. The highest BCUT2D eigenvalue weighted by molar-refractivity contribution is 6.21. The minimum absolute atomic E-state index is 0.0429. The van der Waals surface area contributed by atoms with Crippen LogP contribution in [0.15, 0.2) is 54.6 Å². The third-order valence-corrected chi connectivity index (χ3v) is 4.68. The highest BCUT2D eigenvalue weighted by atomic mass is 16.4.